The third-order valence-corrected chi connectivity index (χ3v) is 4.26. The van der Waals surface area contributed by atoms with Crippen molar-refractivity contribution in [1.82, 2.24) is 5.32 Å². The first-order valence-corrected chi connectivity index (χ1v) is 8.11. The predicted molar refractivity (Wildman–Crippen MR) is 99.2 cm³/mol. The summed E-state index contributed by atoms with van der Waals surface area (Å²) in [5.41, 5.74) is 5.73. The van der Waals surface area contributed by atoms with E-state index in [1.54, 1.807) is 19.3 Å². The van der Waals surface area contributed by atoms with Crippen molar-refractivity contribution in [3.05, 3.63) is 70.3 Å². The fourth-order valence-electron chi connectivity index (χ4n) is 2.76. The Morgan fingerprint density at radius 3 is 2.46 bits per heavy atom. The van der Waals surface area contributed by atoms with Crippen molar-refractivity contribution >= 4 is 12.0 Å². The van der Waals surface area contributed by atoms with E-state index in [4.69, 9.17) is 4.74 Å². The number of nitrogens with one attached hydrogen (secondary N) is 1. The average molecular weight is 323 g/mol. The van der Waals surface area contributed by atoms with E-state index in [9.17, 15) is 4.79 Å². The molecule has 3 heteroatoms. The van der Waals surface area contributed by atoms with Gasteiger partial charge in [0.15, 0.2) is 0 Å². The van der Waals surface area contributed by atoms with Crippen LogP contribution >= 0.6 is 0 Å². The summed E-state index contributed by atoms with van der Waals surface area (Å²) in [6.07, 6.45) is 3.32. The first-order chi connectivity index (χ1) is 11.4. The van der Waals surface area contributed by atoms with Crippen LogP contribution in [0.5, 0.6) is 5.75 Å². The molecule has 0 fully saturated rings. The second-order valence-corrected chi connectivity index (χ2v) is 6.10. The number of para-hydroxylation sites is 1. The summed E-state index contributed by atoms with van der Waals surface area (Å²) in [4.78, 5) is 12.2. The lowest BCUT2D eigenvalue weighted by Crippen LogP contribution is -2.25. The van der Waals surface area contributed by atoms with Crippen LogP contribution in [-0.4, -0.2) is 13.0 Å². The molecule has 0 spiro atoms. The highest BCUT2D eigenvalue weighted by molar-refractivity contribution is 5.92. The molecular formula is C21H25NO2. The molecule has 0 aromatic heterocycles. The van der Waals surface area contributed by atoms with Gasteiger partial charge in [0.25, 0.3) is 0 Å². The highest BCUT2D eigenvalue weighted by Gasteiger charge is 2.11. The standard InChI is InChI=1S/C21H25NO2/c1-14-12-16(3)19(13-15(14)2)17(4)22-21(23)11-10-18-8-6-7-9-20(18)24-5/h6-13,17H,1-5H3,(H,22,23)/b11-10+/t17-/m1/s1. The van der Waals surface area contributed by atoms with Gasteiger partial charge in [0.05, 0.1) is 13.2 Å². The molecule has 0 heterocycles. The Kier molecular flexibility index (Phi) is 5.80. The molecule has 2 aromatic rings. The van der Waals surface area contributed by atoms with E-state index in [-0.39, 0.29) is 11.9 Å². The van der Waals surface area contributed by atoms with E-state index in [0.717, 1.165) is 16.9 Å². The van der Waals surface area contributed by atoms with E-state index in [0.29, 0.717) is 0 Å². The quantitative estimate of drug-likeness (QED) is 0.822. The van der Waals surface area contributed by atoms with Gasteiger partial charge < -0.3 is 10.1 Å². The number of benzene rings is 2. The van der Waals surface area contributed by atoms with Crippen molar-refractivity contribution in [2.45, 2.75) is 33.7 Å². The fourth-order valence-corrected chi connectivity index (χ4v) is 2.76. The second-order valence-electron chi connectivity index (χ2n) is 6.10. The van der Waals surface area contributed by atoms with Gasteiger partial charge in [-0.25, -0.2) is 0 Å². The Labute approximate surface area is 144 Å². The molecule has 2 rings (SSSR count). The van der Waals surface area contributed by atoms with Crippen molar-refractivity contribution in [2.75, 3.05) is 7.11 Å². The van der Waals surface area contributed by atoms with Gasteiger partial charge >= 0.3 is 0 Å². The molecule has 0 saturated heterocycles. The molecule has 0 saturated carbocycles. The van der Waals surface area contributed by atoms with Crippen molar-refractivity contribution in [2.24, 2.45) is 0 Å². The second kappa shape index (κ2) is 7.82. The Morgan fingerprint density at radius 1 is 1.08 bits per heavy atom. The number of aryl methyl sites for hydroxylation is 3. The van der Waals surface area contributed by atoms with E-state index in [1.807, 2.05) is 31.2 Å². The first kappa shape index (κ1) is 17.8. The Balaban J connectivity index is 2.09. The Hall–Kier alpha value is -2.55. The maximum absolute atomic E-state index is 12.2. The topological polar surface area (TPSA) is 38.3 Å². The number of ether oxygens (including phenoxy) is 1. The minimum atomic E-state index is -0.119. The summed E-state index contributed by atoms with van der Waals surface area (Å²) in [7, 11) is 1.62. The summed E-state index contributed by atoms with van der Waals surface area (Å²) >= 11 is 0. The van der Waals surface area contributed by atoms with Gasteiger partial charge in [-0.3, -0.25) is 4.79 Å². The molecule has 0 unspecified atom stereocenters. The molecule has 0 bridgehead atoms. The zero-order valence-corrected chi connectivity index (χ0v) is 15.0. The van der Waals surface area contributed by atoms with Crippen LogP contribution in [-0.2, 0) is 4.79 Å². The van der Waals surface area contributed by atoms with Crippen LogP contribution in [0.25, 0.3) is 6.08 Å². The summed E-state index contributed by atoms with van der Waals surface area (Å²) < 4.78 is 5.29. The molecule has 0 radical (unpaired) electrons. The predicted octanol–water partition coefficient (Wildman–Crippen LogP) is 4.51. The normalized spacial score (nSPS) is 12.2. The molecule has 126 valence electrons. The number of carbonyl (C=O) groups excluding carboxylic acids is 1. The molecule has 1 atom stereocenters. The summed E-state index contributed by atoms with van der Waals surface area (Å²) in [6.45, 7) is 8.28. The van der Waals surface area contributed by atoms with Gasteiger partial charge in [0, 0.05) is 11.6 Å². The van der Waals surface area contributed by atoms with Crippen molar-refractivity contribution in [3.8, 4) is 5.75 Å². The number of methoxy groups -OCH3 is 1. The highest BCUT2D eigenvalue weighted by Crippen LogP contribution is 2.22. The number of rotatable bonds is 5. The van der Waals surface area contributed by atoms with Crippen LogP contribution < -0.4 is 10.1 Å². The van der Waals surface area contributed by atoms with Crippen LogP contribution in [0.2, 0.25) is 0 Å². The number of hydrogen-bond acceptors (Lipinski definition) is 2. The lowest BCUT2D eigenvalue weighted by Gasteiger charge is -2.17. The van der Waals surface area contributed by atoms with Crippen molar-refractivity contribution < 1.29 is 9.53 Å². The third kappa shape index (κ3) is 4.25. The molecule has 1 amide bonds. The van der Waals surface area contributed by atoms with Gasteiger partial charge in [0.1, 0.15) is 5.75 Å². The summed E-state index contributed by atoms with van der Waals surface area (Å²) in [5.74, 6) is 0.630. The summed E-state index contributed by atoms with van der Waals surface area (Å²) in [6, 6.07) is 11.9. The van der Waals surface area contributed by atoms with Crippen molar-refractivity contribution in [1.29, 1.82) is 0 Å². The fraction of sp³-hybridized carbons (Fsp3) is 0.286. The first-order valence-electron chi connectivity index (χ1n) is 8.11. The molecular weight excluding hydrogens is 298 g/mol. The van der Waals surface area contributed by atoms with Gasteiger partial charge in [-0.05, 0) is 62.1 Å². The zero-order valence-electron chi connectivity index (χ0n) is 15.0. The van der Waals surface area contributed by atoms with Gasteiger partial charge in [-0.15, -0.1) is 0 Å². The molecule has 3 nitrogen and oxygen atoms in total. The van der Waals surface area contributed by atoms with Crippen molar-refractivity contribution in [3.63, 3.8) is 0 Å². The minimum Gasteiger partial charge on any atom is -0.496 e. The smallest absolute Gasteiger partial charge is 0.244 e. The Morgan fingerprint density at radius 2 is 1.75 bits per heavy atom. The molecule has 24 heavy (non-hydrogen) atoms. The summed E-state index contributed by atoms with van der Waals surface area (Å²) in [5, 5.41) is 3.02. The molecule has 0 aliphatic heterocycles. The van der Waals surface area contributed by atoms with Crippen LogP contribution in [0.4, 0.5) is 0 Å². The number of carbonyl (C=O) groups is 1. The van der Waals surface area contributed by atoms with Crippen LogP contribution in [0.3, 0.4) is 0 Å². The van der Waals surface area contributed by atoms with Gasteiger partial charge in [0.2, 0.25) is 5.91 Å². The van der Waals surface area contributed by atoms with E-state index in [2.05, 4.69) is 38.2 Å². The van der Waals surface area contributed by atoms with Gasteiger partial charge in [-0.2, -0.15) is 0 Å². The van der Waals surface area contributed by atoms with Gasteiger partial charge in [-0.1, -0.05) is 30.3 Å². The highest BCUT2D eigenvalue weighted by atomic mass is 16.5. The third-order valence-electron chi connectivity index (χ3n) is 4.26. The lowest BCUT2D eigenvalue weighted by molar-refractivity contribution is -0.117. The average Bonchev–Trinajstić information content (AvgIpc) is 2.56. The molecule has 1 N–H and O–H groups in total. The maximum Gasteiger partial charge on any atom is 0.244 e. The molecule has 2 aromatic carbocycles. The van der Waals surface area contributed by atoms with E-state index in [1.165, 1.54) is 16.7 Å². The zero-order chi connectivity index (χ0) is 17.7. The Bertz CT molecular complexity index is 762. The molecule has 0 aliphatic rings. The monoisotopic (exact) mass is 323 g/mol. The largest absolute Gasteiger partial charge is 0.496 e. The number of amides is 1. The maximum atomic E-state index is 12.2. The van der Waals surface area contributed by atoms with E-state index >= 15 is 0 Å². The van der Waals surface area contributed by atoms with Crippen LogP contribution in [0.15, 0.2) is 42.5 Å². The van der Waals surface area contributed by atoms with Crippen LogP contribution in [0, 0.1) is 20.8 Å². The number of hydrogen-bond donors (Lipinski definition) is 1. The SMILES string of the molecule is COc1ccccc1/C=C/C(=O)N[C@H](C)c1cc(C)c(C)cc1C. The lowest BCUT2D eigenvalue weighted by atomic mass is 9.96. The minimum absolute atomic E-state index is 0.0425. The van der Waals surface area contributed by atoms with Crippen LogP contribution in [0.1, 0.15) is 40.8 Å². The van der Waals surface area contributed by atoms with E-state index < -0.39 is 0 Å². The molecule has 0 aliphatic carbocycles.